The lowest BCUT2D eigenvalue weighted by molar-refractivity contribution is 0.00708. The molecule has 0 atom stereocenters. The van der Waals surface area contributed by atoms with Crippen molar-refractivity contribution in [2.45, 2.75) is 31.3 Å². The number of hydrogen-bond acceptors (Lipinski definition) is 5. The number of esters is 1. The first kappa shape index (κ1) is 21.4. The fourth-order valence-corrected chi connectivity index (χ4v) is 4.13. The molecular formula is C20H18Cl2N2O4S. The van der Waals surface area contributed by atoms with Crippen LogP contribution >= 0.6 is 23.2 Å². The van der Waals surface area contributed by atoms with Crippen LogP contribution in [0.5, 0.6) is 0 Å². The minimum atomic E-state index is -4.02. The van der Waals surface area contributed by atoms with Crippen molar-refractivity contribution in [3.8, 4) is 0 Å². The lowest BCUT2D eigenvalue weighted by Gasteiger charge is -2.20. The highest BCUT2D eigenvalue weighted by atomic mass is 35.5. The molecule has 29 heavy (non-hydrogen) atoms. The maximum absolute atomic E-state index is 12.9. The average Bonchev–Trinajstić information content (AvgIpc) is 2.63. The number of para-hydroxylation sites is 1. The Morgan fingerprint density at radius 1 is 1.07 bits per heavy atom. The SMILES string of the molecule is CC(C)(C)OC(=O)c1ccccc1NS(=O)(=O)c1ccc2c(Cl)cnc(Cl)c2c1. The molecule has 2 aromatic carbocycles. The summed E-state index contributed by atoms with van der Waals surface area (Å²) in [6.45, 7) is 5.20. The Balaban J connectivity index is 2.00. The van der Waals surface area contributed by atoms with Crippen LogP contribution in [0.2, 0.25) is 10.2 Å². The highest BCUT2D eigenvalue weighted by molar-refractivity contribution is 7.92. The Morgan fingerprint density at radius 2 is 1.76 bits per heavy atom. The molecule has 0 aliphatic rings. The van der Waals surface area contributed by atoms with Gasteiger partial charge in [0.2, 0.25) is 0 Å². The number of pyridine rings is 1. The van der Waals surface area contributed by atoms with Crippen molar-refractivity contribution in [3.63, 3.8) is 0 Å². The van der Waals surface area contributed by atoms with Gasteiger partial charge in [0.15, 0.2) is 0 Å². The standard InChI is InChI=1S/C20H18Cl2N2O4S/c1-20(2,3)28-19(25)14-6-4-5-7-17(14)24-29(26,27)12-8-9-13-15(10-12)18(22)23-11-16(13)21/h4-11,24H,1-3H3. The van der Waals surface area contributed by atoms with Crippen LogP contribution < -0.4 is 4.72 Å². The number of fused-ring (bicyclic) bond motifs is 1. The molecule has 0 aliphatic heterocycles. The topological polar surface area (TPSA) is 85.4 Å². The van der Waals surface area contributed by atoms with Crippen molar-refractivity contribution in [1.29, 1.82) is 0 Å². The van der Waals surface area contributed by atoms with E-state index in [-0.39, 0.29) is 21.3 Å². The summed E-state index contributed by atoms with van der Waals surface area (Å²) >= 11 is 12.2. The molecule has 0 amide bonds. The van der Waals surface area contributed by atoms with E-state index in [1.165, 1.54) is 30.5 Å². The molecule has 9 heteroatoms. The van der Waals surface area contributed by atoms with Gasteiger partial charge in [0, 0.05) is 17.0 Å². The Morgan fingerprint density at radius 3 is 2.45 bits per heavy atom. The first-order valence-electron chi connectivity index (χ1n) is 8.57. The number of carbonyl (C=O) groups excluding carboxylic acids is 1. The number of benzene rings is 2. The molecule has 1 heterocycles. The van der Waals surface area contributed by atoms with Crippen LogP contribution in [0.15, 0.2) is 53.6 Å². The number of anilines is 1. The molecule has 0 fully saturated rings. The van der Waals surface area contributed by atoms with Gasteiger partial charge < -0.3 is 4.74 Å². The van der Waals surface area contributed by atoms with Crippen LogP contribution in [0.3, 0.4) is 0 Å². The second-order valence-corrected chi connectivity index (χ2v) is 9.70. The number of hydrogen-bond donors (Lipinski definition) is 1. The molecule has 0 spiro atoms. The molecule has 152 valence electrons. The molecule has 0 bridgehead atoms. The number of halogens is 2. The number of ether oxygens (including phenoxy) is 1. The summed E-state index contributed by atoms with van der Waals surface area (Å²) in [6, 6.07) is 10.6. The van der Waals surface area contributed by atoms with Crippen molar-refractivity contribution in [2.24, 2.45) is 0 Å². The van der Waals surface area contributed by atoms with Gasteiger partial charge in [0.1, 0.15) is 10.8 Å². The lowest BCUT2D eigenvalue weighted by Crippen LogP contribution is -2.25. The third kappa shape index (κ3) is 4.80. The van der Waals surface area contributed by atoms with Crippen molar-refractivity contribution in [1.82, 2.24) is 4.98 Å². The summed E-state index contributed by atoms with van der Waals surface area (Å²) in [6.07, 6.45) is 1.40. The van der Waals surface area contributed by atoms with Crippen molar-refractivity contribution in [3.05, 3.63) is 64.4 Å². The highest BCUT2D eigenvalue weighted by Gasteiger charge is 2.23. The Kier molecular flexibility index (Phi) is 5.76. The van der Waals surface area contributed by atoms with Crippen molar-refractivity contribution >= 4 is 55.7 Å². The zero-order valence-corrected chi connectivity index (χ0v) is 18.2. The normalized spacial score (nSPS) is 12.0. The number of nitrogens with zero attached hydrogens (tertiary/aromatic N) is 1. The second kappa shape index (κ2) is 7.82. The number of sulfonamides is 1. The van der Waals surface area contributed by atoms with E-state index in [4.69, 9.17) is 27.9 Å². The Labute approximate surface area is 178 Å². The smallest absolute Gasteiger partial charge is 0.340 e. The molecule has 0 radical (unpaired) electrons. The third-order valence-corrected chi connectivity index (χ3v) is 5.83. The molecule has 1 aromatic heterocycles. The monoisotopic (exact) mass is 452 g/mol. The summed E-state index contributed by atoms with van der Waals surface area (Å²) in [5.74, 6) is -0.631. The first-order valence-corrected chi connectivity index (χ1v) is 10.8. The van der Waals surface area contributed by atoms with Crippen molar-refractivity contribution < 1.29 is 17.9 Å². The van der Waals surface area contributed by atoms with Crippen LogP contribution in [0, 0.1) is 0 Å². The number of aromatic nitrogens is 1. The molecule has 3 aromatic rings. The second-order valence-electron chi connectivity index (χ2n) is 7.26. The molecule has 0 saturated heterocycles. The molecular weight excluding hydrogens is 435 g/mol. The van der Waals surface area contributed by atoms with E-state index in [0.717, 1.165) is 0 Å². The van der Waals surface area contributed by atoms with Gasteiger partial charge in [-0.3, -0.25) is 4.72 Å². The third-order valence-electron chi connectivity index (χ3n) is 3.86. The van der Waals surface area contributed by atoms with E-state index in [1.54, 1.807) is 39.0 Å². The number of nitrogens with one attached hydrogen (secondary N) is 1. The van der Waals surface area contributed by atoms with Gasteiger partial charge >= 0.3 is 5.97 Å². The van der Waals surface area contributed by atoms with E-state index in [0.29, 0.717) is 15.8 Å². The average molecular weight is 453 g/mol. The van der Waals surface area contributed by atoms with Gasteiger partial charge in [-0.05, 0) is 45.0 Å². The van der Waals surface area contributed by atoms with Gasteiger partial charge in [0.05, 0.1) is 21.2 Å². The van der Waals surface area contributed by atoms with Crippen LogP contribution in [-0.2, 0) is 14.8 Å². The van der Waals surface area contributed by atoms with Crippen LogP contribution in [-0.4, -0.2) is 25.0 Å². The minimum absolute atomic E-state index is 0.0463. The van der Waals surface area contributed by atoms with Crippen LogP contribution in [0.1, 0.15) is 31.1 Å². The zero-order valence-electron chi connectivity index (χ0n) is 15.9. The van der Waals surface area contributed by atoms with E-state index in [2.05, 4.69) is 9.71 Å². The fraction of sp³-hybridized carbons (Fsp3) is 0.200. The van der Waals surface area contributed by atoms with Gasteiger partial charge in [-0.25, -0.2) is 18.2 Å². The molecule has 0 unspecified atom stereocenters. The fourth-order valence-electron chi connectivity index (χ4n) is 2.61. The predicted molar refractivity (Wildman–Crippen MR) is 114 cm³/mol. The van der Waals surface area contributed by atoms with Gasteiger partial charge in [-0.2, -0.15) is 0 Å². The predicted octanol–water partition coefficient (Wildman–Crippen LogP) is 5.30. The summed E-state index contributed by atoms with van der Waals surface area (Å²) in [5.41, 5.74) is -0.503. The number of carbonyl (C=O) groups is 1. The van der Waals surface area contributed by atoms with Gasteiger partial charge in [-0.1, -0.05) is 41.4 Å². The maximum Gasteiger partial charge on any atom is 0.340 e. The Bertz CT molecular complexity index is 1200. The van der Waals surface area contributed by atoms with E-state index in [1.807, 2.05) is 0 Å². The molecule has 0 saturated carbocycles. The number of rotatable bonds is 4. The van der Waals surface area contributed by atoms with E-state index < -0.39 is 21.6 Å². The Hall–Kier alpha value is -2.35. The van der Waals surface area contributed by atoms with Gasteiger partial charge in [0.25, 0.3) is 10.0 Å². The first-order chi connectivity index (χ1) is 13.5. The maximum atomic E-state index is 12.9. The summed E-state index contributed by atoms with van der Waals surface area (Å²) in [7, 11) is -4.02. The highest BCUT2D eigenvalue weighted by Crippen LogP contribution is 2.31. The molecule has 1 N–H and O–H groups in total. The molecule has 0 aliphatic carbocycles. The minimum Gasteiger partial charge on any atom is -0.456 e. The zero-order chi connectivity index (χ0) is 21.4. The molecule has 3 rings (SSSR count). The quantitative estimate of drug-likeness (QED) is 0.428. The summed E-state index contributed by atoms with van der Waals surface area (Å²) in [4.78, 5) is 16.4. The summed E-state index contributed by atoms with van der Waals surface area (Å²) in [5, 5.41) is 1.48. The largest absolute Gasteiger partial charge is 0.456 e. The van der Waals surface area contributed by atoms with Crippen LogP contribution in [0.4, 0.5) is 5.69 Å². The summed E-state index contributed by atoms with van der Waals surface area (Å²) < 4.78 is 33.7. The van der Waals surface area contributed by atoms with Gasteiger partial charge in [-0.15, -0.1) is 0 Å². The van der Waals surface area contributed by atoms with E-state index >= 15 is 0 Å². The van der Waals surface area contributed by atoms with E-state index in [9.17, 15) is 13.2 Å². The molecule has 6 nitrogen and oxygen atoms in total. The van der Waals surface area contributed by atoms with Crippen LogP contribution in [0.25, 0.3) is 10.8 Å². The lowest BCUT2D eigenvalue weighted by atomic mass is 10.1. The van der Waals surface area contributed by atoms with Crippen molar-refractivity contribution in [2.75, 3.05) is 4.72 Å².